The van der Waals surface area contributed by atoms with Crippen LogP contribution in [0.5, 0.6) is 0 Å². The first-order chi connectivity index (χ1) is 10.6. The number of piperazine rings is 1. The molecule has 1 saturated heterocycles. The number of aromatic nitrogens is 1. The number of aliphatic hydroxyl groups excluding tert-OH is 1. The van der Waals surface area contributed by atoms with Gasteiger partial charge in [-0.25, -0.2) is 0 Å². The van der Waals surface area contributed by atoms with Gasteiger partial charge in [-0.05, 0) is 17.7 Å². The molecule has 22 heavy (non-hydrogen) atoms. The van der Waals surface area contributed by atoms with Crippen molar-refractivity contribution < 1.29 is 14.7 Å². The van der Waals surface area contributed by atoms with Crippen molar-refractivity contribution in [2.45, 2.75) is 18.6 Å². The molecular formula is C16H15N3O3. The predicted octanol–water partition coefficient (Wildman–Crippen LogP) is 0.296. The third kappa shape index (κ3) is 1.92. The highest BCUT2D eigenvalue weighted by atomic mass is 16.3. The SMILES string of the molecule is O=C1N[C@H](Cc2c[nH]c3ccccc23)C(=O)N2C[C@H](O)C=C12. The number of hydrogen-bond donors (Lipinski definition) is 3. The highest BCUT2D eigenvalue weighted by molar-refractivity contribution is 6.05. The minimum absolute atomic E-state index is 0.159. The Morgan fingerprint density at radius 2 is 2.09 bits per heavy atom. The summed E-state index contributed by atoms with van der Waals surface area (Å²) in [6.45, 7) is 0.159. The molecule has 2 aromatic rings. The summed E-state index contributed by atoms with van der Waals surface area (Å²) in [5.74, 6) is -0.478. The Kier molecular flexibility index (Phi) is 2.80. The number of aliphatic hydroxyl groups is 1. The van der Waals surface area contributed by atoms with Crippen LogP contribution in [0.25, 0.3) is 10.9 Å². The van der Waals surface area contributed by atoms with Crippen LogP contribution < -0.4 is 5.32 Å². The van der Waals surface area contributed by atoms with Gasteiger partial charge in [-0.1, -0.05) is 18.2 Å². The van der Waals surface area contributed by atoms with Crippen molar-refractivity contribution >= 4 is 22.7 Å². The number of rotatable bonds is 2. The summed E-state index contributed by atoms with van der Waals surface area (Å²) in [4.78, 5) is 29.1. The van der Waals surface area contributed by atoms with E-state index in [4.69, 9.17) is 0 Å². The molecule has 0 spiro atoms. The van der Waals surface area contributed by atoms with Crippen LogP contribution in [0.3, 0.4) is 0 Å². The zero-order chi connectivity index (χ0) is 15.3. The molecule has 1 aromatic carbocycles. The smallest absolute Gasteiger partial charge is 0.268 e. The lowest BCUT2D eigenvalue weighted by atomic mass is 10.0. The summed E-state index contributed by atoms with van der Waals surface area (Å²) in [5.41, 5.74) is 2.25. The number of hydrogen-bond acceptors (Lipinski definition) is 3. The number of nitrogens with one attached hydrogen (secondary N) is 2. The summed E-state index contributed by atoms with van der Waals surface area (Å²) in [5, 5.41) is 13.4. The molecule has 3 heterocycles. The molecule has 2 aliphatic rings. The fourth-order valence-corrected chi connectivity index (χ4v) is 3.16. The van der Waals surface area contributed by atoms with Crippen molar-refractivity contribution in [1.29, 1.82) is 0 Å². The van der Waals surface area contributed by atoms with Crippen LogP contribution in [0, 0.1) is 0 Å². The number of amides is 2. The van der Waals surface area contributed by atoms with E-state index in [1.165, 1.54) is 11.0 Å². The number of fused-ring (bicyclic) bond motifs is 2. The van der Waals surface area contributed by atoms with Crippen LogP contribution in [0.2, 0.25) is 0 Å². The van der Waals surface area contributed by atoms with Gasteiger partial charge in [0.2, 0.25) is 5.91 Å². The first kappa shape index (κ1) is 13.1. The first-order valence-electron chi connectivity index (χ1n) is 7.20. The molecule has 6 nitrogen and oxygen atoms in total. The van der Waals surface area contributed by atoms with Gasteiger partial charge in [0, 0.05) is 23.5 Å². The molecule has 2 aliphatic heterocycles. The molecule has 2 amide bonds. The van der Waals surface area contributed by atoms with Gasteiger partial charge in [-0.3, -0.25) is 9.59 Å². The molecule has 0 radical (unpaired) electrons. The fourth-order valence-electron chi connectivity index (χ4n) is 3.16. The summed E-state index contributed by atoms with van der Waals surface area (Å²) in [6, 6.07) is 7.24. The van der Waals surface area contributed by atoms with Crippen molar-refractivity contribution in [3.8, 4) is 0 Å². The van der Waals surface area contributed by atoms with E-state index < -0.39 is 12.1 Å². The predicted molar refractivity (Wildman–Crippen MR) is 79.7 cm³/mol. The van der Waals surface area contributed by atoms with Gasteiger partial charge in [-0.15, -0.1) is 0 Å². The molecule has 0 saturated carbocycles. The molecule has 4 rings (SSSR count). The number of nitrogens with zero attached hydrogens (tertiary/aromatic N) is 1. The van der Waals surface area contributed by atoms with Gasteiger partial charge < -0.3 is 20.3 Å². The zero-order valence-corrected chi connectivity index (χ0v) is 11.7. The molecule has 1 fully saturated rings. The molecular weight excluding hydrogens is 282 g/mol. The third-order valence-corrected chi connectivity index (χ3v) is 4.21. The van der Waals surface area contributed by atoms with Crippen LogP contribution in [0.1, 0.15) is 5.56 Å². The Hall–Kier alpha value is -2.60. The Morgan fingerprint density at radius 3 is 2.95 bits per heavy atom. The average molecular weight is 297 g/mol. The van der Waals surface area contributed by atoms with E-state index >= 15 is 0 Å². The van der Waals surface area contributed by atoms with Gasteiger partial charge in [0.05, 0.1) is 12.6 Å². The normalized spacial score (nSPS) is 24.4. The van der Waals surface area contributed by atoms with Gasteiger partial charge in [0.25, 0.3) is 5.91 Å². The molecule has 2 atom stereocenters. The molecule has 3 N–H and O–H groups in total. The highest BCUT2D eigenvalue weighted by Crippen LogP contribution is 2.24. The third-order valence-electron chi connectivity index (χ3n) is 4.21. The number of para-hydroxylation sites is 1. The van der Waals surface area contributed by atoms with E-state index in [1.54, 1.807) is 0 Å². The van der Waals surface area contributed by atoms with Crippen LogP contribution in [0.4, 0.5) is 0 Å². The quantitative estimate of drug-likeness (QED) is 0.745. The van der Waals surface area contributed by atoms with E-state index in [2.05, 4.69) is 10.3 Å². The van der Waals surface area contributed by atoms with E-state index in [-0.39, 0.29) is 24.1 Å². The van der Waals surface area contributed by atoms with Crippen molar-refractivity contribution in [2.75, 3.05) is 6.54 Å². The van der Waals surface area contributed by atoms with Crippen molar-refractivity contribution in [1.82, 2.24) is 15.2 Å². The molecule has 0 unspecified atom stereocenters. The Labute approximate surface area is 126 Å². The minimum Gasteiger partial charge on any atom is -0.387 e. The monoisotopic (exact) mass is 297 g/mol. The van der Waals surface area contributed by atoms with Crippen LogP contribution in [-0.4, -0.2) is 45.5 Å². The second kappa shape index (κ2) is 4.71. The second-order valence-corrected chi connectivity index (χ2v) is 5.66. The van der Waals surface area contributed by atoms with Crippen LogP contribution >= 0.6 is 0 Å². The van der Waals surface area contributed by atoms with Crippen molar-refractivity contribution in [3.05, 3.63) is 47.8 Å². The Balaban J connectivity index is 1.63. The topological polar surface area (TPSA) is 85.4 Å². The number of carbonyl (C=O) groups excluding carboxylic acids is 2. The second-order valence-electron chi connectivity index (χ2n) is 5.66. The minimum atomic E-state index is -0.767. The van der Waals surface area contributed by atoms with E-state index in [0.717, 1.165) is 16.5 Å². The molecule has 6 heteroatoms. The number of aromatic amines is 1. The van der Waals surface area contributed by atoms with Crippen molar-refractivity contribution in [3.63, 3.8) is 0 Å². The molecule has 112 valence electrons. The van der Waals surface area contributed by atoms with E-state index in [9.17, 15) is 14.7 Å². The largest absolute Gasteiger partial charge is 0.387 e. The lowest BCUT2D eigenvalue weighted by Crippen LogP contribution is -2.56. The number of carbonyl (C=O) groups is 2. The molecule has 0 aliphatic carbocycles. The average Bonchev–Trinajstić information content (AvgIpc) is 3.09. The van der Waals surface area contributed by atoms with Gasteiger partial charge in [0.1, 0.15) is 11.7 Å². The van der Waals surface area contributed by atoms with E-state index in [0.29, 0.717) is 6.42 Å². The number of benzene rings is 1. The highest BCUT2D eigenvalue weighted by Gasteiger charge is 2.40. The maximum Gasteiger partial charge on any atom is 0.268 e. The zero-order valence-electron chi connectivity index (χ0n) is 11.7. The summed E-state index contributed by atoms with van der Waals surface area (Å²) in [6.07, 6.45) is 2.95. The van der Waals surface area contributed by atoms with Crippen molar-refractivity contribution in [2.24, 2.45) is 0 Å². The summed E-state index contributed by atoms with van der Waals surface area (Å²) < 4.78 is 0. The van der Waals surface area contributed by atoms with Gasteiger partial charge in [-0.2, -0.15) is 0 Å². The maximum atomic E-state index is 12.5. The lowest BCUT2D eigenvalue weighted by molar-refractivity contribution is -0.139. The molecule has 1 aromatic heterocycles. The van der Waals surface area contributed by atoms with Gasteiger partial charge >= 0.3 is 0 Å². The van der Waals surface area contributed by atoms with Crippen LogP contribution in [0.15, 0.2) is 42.2 Å². The first-order valence-corrected chi connectivity index (χ1v) is 7.20. The lowest BCUT2D eigenvalue weighted by Gasteiger charge is -2.31. The maximum absolute atomic E-state index is 12.5. The standard InChI is InChI=1S/C16H15N3O3/c20-10-6-14-15(21)18-13(16(22)19(14)8-10)5-9-7-17-12-4-2-1-3-11(9)12/h1-4,6-7,10,13,17,20H,5,8H2,(H,18,21)/t10-,13-/m1/s1. The summed E-state index contributed by atoms with van der Waals surface area (Å²) >= 11 is 0. The Morgan fingerprint density at radius 1 is 1.27 bits per heavy atom. The molecule has 0 bridgehead atoms. The number of H-pyrrole nitrogens is 1. The van der Waals surface area contributed by atoms with E-state index in [1.807, 2.05) is 30.5 Å². The Bertz CT molecular complexity index is 808. The fraction of sp³-hybridized carbons (Fsp3) is 0.250. The van der Waals surface area contributed by atoms with Gasteiger partial charge in [0.15, 0.2) is 0 Å². The summed E-state index contributed by atoms with van der Waals surface area (Å²) in [7, 11) is 0. The van der Waals surface area contributed by atoms with Crippen LogP contribution in [-0.2, 0) is 16.0 Å².